The topological polar surface area (TPSA) is 81.2 Å². The van der Waals surface area contributed by atoms with Crippen LogP contribution in [0.4, 0.5) is 10.5 Å². The minimum absolute atomic E-state index is 0.324. The number of benzene rings is 3. The first-order valence-corrected chi connectivity index (χ1v) is 10.5. The van der Waals surface area contributed by atoms with E-state index >= 15 is 0 Å². The molecular formula is C26H27N3O4. The summed E-state index contributed by atoms with van der Waals surface area (Å²) in [5, 5.41) is 6.69. The standard InChI is InChI=1S/C26H27N3O4/c1-3-9-20-14-15-24(25(18-20)31-2)33-17-16-32-23-13-8-7-10-21(23)19-27-29-26(30)28-22-11-5-4-6-12-22/h3-8,10-15,18-19H,1,9,16-17H2,2H3,(H2,28,29,30)/b27-19-. The number of carbonyl (C=O) groups excluding carboxylic acids is 1. The summed E-state index contributed by atoms with van der Waals surface area (Å²) in [6.07, 6.45) is 4.14. The molecule has 3 aromatic rings. The van der Waals surface area contributed by atoms with E-state index in [1.54, 1.807) is 19.2 Å². The summed E-state index contributed by atoms with van der Waals surface area (Å²) in [6, 6.07) is 21.9. The highest BCUT2D eigenvalue weighted by Crippen LogP contribution is 2.28. The van der Waals surface area contributed by atoms with E-state index in [1.807, 2.05) is 66.7 Å². The molecule has 3 aromatic carbocycles. The molecule has 0 bridgehead atoms. The number of hydrazone groups is 1. The maximum atomic E-state index is 11.9. The van der Waals surface area contributed by atoms with Gasteiger partial charge in [0, 0.05) is 11.3 Å². The maximum absolute atomic E-state index is 11.9. The van der Waals surface area contributed by atoms with Gasteiger partial charge in [-0.05, 0) is 48.4 Å². The van der Waals surface area contributed by atoms with Crippen LogP contribution in [-0.4, -0.2) is 32.6 Å². The molecule has 7 heteroatoms. The normalized spacial score (nSPS) is 10.5. The Morgan fingerprint density at radius 3 is 2.42 bits per heavy atom. The molecule has 0 saturated carbocycles. The lowest BCUT2D eigenvalue weighted by atomic mass is 10.1. The SMILES string of the molecule is C=CCc1ccc(OCCOc2ccccc2/C=N\NC(=O)Nc2ccccc2)c(OC)c1. The number of hydrogen-bond donors (Lipinski definition) is 2. The Balaban J connectivity index is 1.50. The van der Waals surface area contributed by atoms with Crippen molar-refractivity contribution in [3.8, 4) is 17.2 Å². The average molecular weight is 446 g/mol. The van der Waals surface area contributed by atoms with E-state index in [0.29, 0.717) is 36.1 Å². The minimum atomic E-state index is -0.433. The van der Waals surface area contributed by atoms with Crippen molar-refractivity contribution >= 4 is 17.9 Å². The fourth-order valence-electron chi connectivity index (χ4n) is 2.99. The Hall–Kier alpha value is -4.26. The van der Waals surface area contributed by atoms with Crippen molar-refractivity contribution in [3.05, 3.63) is 96.6 Å². The molecule has 0 fully saturated rings. The zero-order valence-corrected chi connectivity index (χ0v) is 18.5. The Morgan fingerprint density at radius 2 is 1.67 bits per heavy atom. The van der Waals surface area contributed by atoms with Crippen LogP contribution in [0.25, 0.3) is 0 Å². The van der Waals surface area contributed by atoms with Gasteiger partial charge in [-0.1, -0.05) is 42.5 Å². The van der Waals surface area contributed by atoms with E-state index in [1.165, 1.54) is 6.21 Å². The lowest BCUT2D eigenvalue weighted by Crippen LogP contribution is -2.24. The van der Waals surface area contributed by atoms with Crippen LogP contribution in [-0.2, 0) is 6.42 Å². The number of rotatable bonds is 11. The monoisotopic (exact) mass is 445 g/mol. The van der Waals surface area contributed by atoms with Crippen LogP contribution in [0.2, 0.25) is 0 Å². The predicted molar refractivity (Wildman–Crippen MR) is 131 cm³/mol. The van der Waals surface area contributed by atoms with Crippen LogP contribution in [0.5, 0.6) is 17.2 Å². The molecule has 0 aliphatic heterocycles. The van der Waals surface area contributed by atoms with E-state index in [2.05, 4.69) is 22.4 Å². The summed E-state index contributed by atoms with van der Waals surface area (Å²) < 4.78 is 17.1. The third kappa shape index (κ3) is 7.43. The molecule has 7 nitrogen and oxygen atoms in total. The van der Waals surface area contributed by atoms with Gasteiger partial charge in [0.25, 0.3) is 0 Å². The lowest BCUT2D eigenvalue weighted by molar-refractivity contribution is 0.211. The largest absolute Gasteiger partial charge is 0.493 e. The van der Waals surface area contributed by atoms with Crippen LogP contribution >= 0.6 is 0 Å². The molecule has 0 atom stereocenters. The molecule has 0 spiro atoms. The van der Waals surface area contributed by atoms with Gasteiger partial charge in [-0.2, -0.15) is 5.10 Å². The van der Waals surface area contributed by atoms with E-state index < -0.39 is 6.03 Å². The predicted octanol–water partition coefficient (Wildman–Crippen LogP) is 5.04. The number of hydrogen-bond acceptors (Lipinski definition) is 5. The summed E-state index contributed by atoms with van der Waals surface area (Å²) in [4.78, 5) is 11.9. The number of methoxy groups -OCH3 is 1. The molecule has 170 valence electrons. The van der Waals surface area contributed by atoms with Gasteiger partial charge in [0.1, 0.15) is 19.0 Å². The molecular weight excluding hydrogens is 418 g/mol. The zero-order valence-electron chi connectivity index (χ0n) is 18.5. The molecule has 2 amide bonds. The Labute approximate surface area is 193 Å². The third-order valence-corrected chi connectivity index (χ3v) is 4.53. The highest BCUT2D eigenvalue weighted by molar-refractivity contribution is 5.90. The first-order chi connectivity index (χ1) is 16.2. The average Bonchev–Trinajstić information content (AvgIpc) is 2.84. The van der Waals surface area contributed by atoms with Crippen molar-refractivity contribution in [2.24, 2.45) is 5.10 Å². The fourth-order valence-corrected chi connectivity index (χ4v) is 2.99. The van der Waals surface area contributed by atoms with Gasteiger partial charge < -0.3 is 19.5 Å². The Kier molecular flexibility index (Phi) is 8.91. The smallest absolute Gasteiger partial charge is 0.339 e. The molecule has 0 unspecified atom stereocenters. The number of nitrogens with zero attached hydrogens (tertiary/aromatic N) is 1. The van der Waals surface area contributed by atoms with Gasteiger partial charge >= 0.3 is 6.03 Å². The Bertz CT molecular complexity index is 1080. The quantitative estimate of drug-likeness (QED) is 0.188. The van der Waals surface area contributed by atoms with Crippen LogP contribution in [0.15, 0.2) is 90.6 Å². The number of carbonyl (C=O) groups is 1. The van der Waals surface area contributed by atoms with E-state index in [-0.39, 0.29) is 0 Å². The van der Waals surface area contributed by atoms with Crippen molar-refractivity contribution in [2.75, 3.05) is 25.6 Å². The van der Waals surface area contributed by atoms with Crippen molar-refractivity contribution in [3.63, 3.8) is 0 Å². The molecule has 0 aliphatic carbocycles. The van der Waals surface area contributed by atoms with Crippen LogP contribution in [0.1, 0.15) is 11.1 Å². The van der Waals surface area contributed by atoms with E-state index in [0.717, 1.165) is 17.5 Å². The second kappa shape index (κ2) is 12.6. The molecule has 0 radical (unpaired) electrons. The van der Waals surface area contributed by atoms with Crippen molar-refractivity contribution < 1.29 is 19.0 Å². The molecule has 0 saturated heterocycles. The summed E-state index contributed by atoms with van der Waals surface area (Å²) in [7, 11) is 1.61. The van der Waals surface area contributed by atoms with E-state index in [9.17, 15) is 4.79 Å². The molecule has 0 aliphatic rings. The maximum Gasteiger partial charge on any atom is 0.339 e. The second-order valence-corrected chi connectivity index (χ2v) is 6.90. The lowest BCUT2D eigenvalue weighted by Gasteiger charge is -2.13. The minimum Gasteiger partial charge on any atom is -0.493 e. The van der Waals surface area contributed by atoms with Crippen molar-refractivity contribution in [1.29, 1.82) is 0 Å². The third-order valence-electron chi connectivity index (χ3n) is 4.53. The van der Waals surface area contributed by atoms with Gasteiger partial charge in [-0.25, -0.2) is 10.2 Å². The zero-order chi connectivity index (χ0) is 23.3. The van der Waals surface area contributed by atoms with Gasteiger partial charge in [0.15, 0.2) is 11.5 Å². The number of allylic oxidation sites excluding steroid dienone is 1. The summed E-state index contributed by atoms with van der Waals surface area (Å²) in [5.41, 5.74) is 4.95. The van der Waals surface area contributed by atoms with Gasteiger partial charge in [0.2, 0.25) is 0 Å². The van der Waals surface area contributed by atoms with Crippen molar-refractivity contribution in [1.82, 2.24) is 5.43 Å². The van der Waals surface area contributed by atoms with Crippen molar-refractivity contribution in [2.45, 2.75) is 6.42 Å². The number of anilines is 1. The highest BCUT2D eigenvalue weighted by atomic mass is 16.5. The van der Waals surface area contributed by atoms with Crippen LogP contribution < -0.4 is 25.0 Å². The fraction of sp³-hybridized carbons (Fsp3) is 0.154. The highest BCUT2D eigenvalue weighted by Gasteiger charge is 2.06. The van der Waals surface area contributed by atoms with Gasteiger partial charge in [0.05, 0.1) is 13.3 Å². The number of amides is 2. The molecule has 2 N–H and O–H groups in total. The summed E-state index contributed by atoms with van der Waals surface area (Å²) in [5.74, 6) is 1.95. The first kappa shape index (κ1) is 23.4. The molecule has 0 heterocycles. The molecule has 0 aromatic heterocycles. The second-order valence-electron chi connectivity index (χ2n) is 6.90. The number of para-hydroxylation sites is 2. The van der Waals surface area contributed by atoms with Crippen LogP contribution in [0, 0.1) is 0 Å². The number of urea groups is 1. The van der Waals surface area contributed by atoms with E-state index in [4.69, 9.17) is 14.2 Å². The molecule has 33 heavy (non-hydrogen) atoms. The Morgan fingerprint density at radius 1 is 0.939 bits per heavy atom. The number of ether oxygens (including phenoxy) is 3. The summed E-state index contributed by atoms with van der Waals surface area (Å²) in [6.45, 7) is 4.41. The van der Waals surface area contributed by atoms with Crippen LogP contribution in [0.3, 0.4) is 0 Å². The first-order valence-electron chi connectivity index (χ1n) is 10.5. The van der Waals surface area contributed by atoms with Gasteiger partial charge in [-0.3, -0.25) is 0 Å². The number of nitrogens with one attached hydrogen (secondary N) is 2. The van der Waals surface area contributed by atoms with Gasteiger partial charge in [-0.15, -0.1) is 6.58 Å². The molecule has 3 rings (SSSR count). The summed E-state index contributed by atoms with van der Waals surface area (Å²) >= 11 is 0.